The van der Waals surface area contributed by atoms with Crippen molar-refractivity contribution in [1.82, 2.24) is 5.01 Å². The van der Waals surface area contributed by atoms with E-state index < -0.39 is 18.5 Å². The van der Waals surface area contributed by atoms with Crippen molar-refractivity contribution in [2.45, 2.75) is 26.7 Å². The van der Waals surface area contributed by atoms with Crippen molar-refractivity contribution in [3.05, 3.63) is 18.2 Å². The highest BCUT2D eigenvalue weighted by Gasteiger charge is 2.23. The molecule has 0 fully saturated rings. The van der Waals surface area contributed by atoms with Gasteiger partial charge in [-0.15, -0.1) is 0 Å². The summed E-state index contributed by atoms with van der Waals surface area (Å²) in [5.41, 5.74) is 0.530. The number of ether oxygens (including phenoxy) is 3. The molecule has 0 atom stereocenters. The van der Waals surface area contributed by atoms with E-state index in [1.54, 1.807) is 18.2 Å². The van der Waals surface area contributed by atoms with Crippen LogP contribution in [0, 0.1) is 0 Å². The number of carbonyl (C=O) groups is 3. The fourth-order valence-corrected chi connectivity index (χ4v) is 2.36. The molecule has 0 spiro atoms. The molecule has 2 rings (SSSR count). The highest BCUT2D eigenvalue weighted by atomic mass is 16.5. The highest BCUT2D eigenvalue weighted by molar-refractivity contribution is 6.37. The van der Waals surface area contributed by atoms with E-state index in [0.29, 0.717) is 30.4 Å². The summed E-state index contributed by atoms with van der Waals surface area (Å²) in [6, 6.07) is 5.07. The standard InChI is InChI=1S/C18H23N3O6/c1-4-25-12-6-8-15(26-5-2)14(10-12)19-16(22)11-27-18(24)13-7-9-17(23)21(3)20-13/h6,8,10H,4-5,7,9,11H2,1-3H3,(H,19,22). The van der Waals surface area contributed by atoms with E-state index >= 15 is 0 Å². The number of hydrogen-bond donors (Lipinski definition) is 1. The largest absolute Gasteiger partial charge is 0.494 e. The zero-order valence-electron chi connectivity index (χ0n) is 15.6. The van der Waals surface area contributed by atoms with Crippen LogP contribution in [0.1, 0.15) is 26.7 Å². The molecule has 9 nitrogen and oxygen atoms in total. The molecule has 9 heteroatoms. The van der Waals surface area contributed by atoms with Gasteiger partial charge in [-0.25, -0.2) is 9.80 Å². The first kappa shape index (κ1) is 20.2. The molecule has 0 aromatic heterocycles. The number of hydrogen-bond acceptors (Lipinski definition) is 7. The number of nitrogens with one attached hydrogen (secondary N) is 1. The van der Waals surface area contributed by atoms with Gasteiger partial charge in [-0.3, -0.25) is 9.59 Å². The molecule has 27 heavy (non-hydrogen) atoms. The Morgan fingerprint density at radius 1 is 1.19 bits per heavy atom. The summed E-state index contributed by atoms with van der Waals surface area (Å²) in [6.07, 6.45) is 0.368. The normalized spacial score (nSPS) is 13.7. The van der Waals surface area contributed by atoms with E-state index in [9.17, 15) is 14.4 Å². The molecule has 1 N–H and O–H groups in total. The van der Waals surface area contributed by atoms with Crippen molar-refractivity contribution in [2.75, 3.05) is 32.2 Å². The van der Waals surface area contributed by atoms with E-state index in [1.807, 2.05) is 13.8 Å². The number of rotatable bonds is 8. The Morgan fingerprint density at radius 2 is 1.93 bits per heavy atom. The number of esters is 1. The smallest absolute Gasteiger partial charge is 0.355 e. The van der Waals surface area contributed by atoms with Crippen LogP contribution in [-0.2, 0) is 19.1 Å². The predicted octanol–water partition coefficient (Wildman–Crippen LogP) is 1.57. The topological polar surface area (TPSA) is 107 Å². The number of amides is 2. The molecule has 1 aromatic carbocycles. The molecule has 2 amide bonds. The zero-order valence-corrected chi connectivity index (χ0v) is 15.6. The Morgan fingerprint density at radius 3 is 2.59 bits per heavy atom. The summed E-state index contributed by atoms with van der Waals surface area (Å²) < 4.78 is 15.9. The summed E-state index contributed by atoms with van der Waals surface area (Å²) >= 11 is 0. The number of carbonyl (C=O) groups excluding carboxylic acids is 3. The average Bonchev–Trinajstić information content (AvgIpc) is 2.64. The second-order valence-electron chi connectivity index (χ2n) is 5.61. The summed E-state index contributed by atoms with van der Waals surface area (Å²) in [7, 11) is 1.46. The molecule has 1 aliphatic heterocycles. The van der Waals surface area contributed by atoms with Gasteiger partial charge in [0.05, 0.1) is 18.9 Å². The monoisotopic (exact) mass is 377 g/mol. The molecular formula is C18H23N3O6. The zero-order chi connectivity index (χ0) is 19.8. The van der Waals surface area contributed by atoms with Gasteiger partial charge in [0.25, 0.3) is 5.91 Å². The van der Waals surface area contributed by atoms with Crippen LogP contribution in [0.5, 0.6) is 11.5 Å². The van der Waals surface area contributed by atoms with Crippen molar-refractivity contribution < 1.29 is 28.6 Å². The van der Waals surface area contributed by atoms with Crippen LogP contribution in [0.25, 0.3) is 0 Å². The summed E-state index contributed by atoms with van der Waals surface area (Å²) in [6.45, 7) is 4.11. The van der Waals surface area contributed by atoms with Gasteiger partial charge in [-0.1, -0.05) is 0 Å². The van der Waals surface area contributed by atoms with Crippen LogP contribution in [0.15, 0.2) is 23.3 Å². The molecule has 1 aliphatic rings. The lowest BCUT2D eigenvalue weighted by Crippen LogP contribution is -2.33. The fourth-order valence-electron chi connectivity index (χ4n) is 2.36. The minimum atomic E-state index is -0.724. The lowest BCUT2D eigenvalue weighted by Gasteiger charge is -2.18. The van der Waals surface area contributed by atoms with Gasteiger partial charge < -0.3 is 19.5 Å². The van der Waals surface area contributed by atoms with Gasteiger partial charge in [0.2, 0.25) is 5.91 Å². The first-order valence-corrected chi connectivity index (χ1v) is 8.65. The van der Waals surface area contributed by atoms with Crippen molar-refractivity contribution in [1.29, 1.82) is 0 Å². The number of anilines is 1. The van der Waals surface area contributed by atoms with Crippen LogP contribution < -0.4 is 14.8 Å². The van der Waals surface area contributed by atoms with Gasteiger partial charge in [0.15, 0.2) is 6.61 Å². The molecular weight excluding hydrogens is 354 g/mol. The third-order valence-corrected chi connectivity index (χ3v) is 3.61. The minimum absolute atomic E-state index is 0.109. The van der Waals surface area contributed by atoms with Crippen LogP contribution in [0.3, 0.4) is 0 Å². The Bertz CT molecular complexity index is 747. The molecule has 1 heterocycles. The molecule has 1 aromatic rings. The Kier molecular flexibility index (Phi) is 7.16. The average molecular weight is 377 g/mol. The van der Waals surface area contributed by atoms with Crippen molar-refractivity contribution in [2.24, 2.45) is 5.10 Å². The van der Waals surface area contributed by atoms with E-state index in [1.165, 1.54) is 7.05 Å². The first-order chi connectivity index (χ1) is 12.9. The van der Waals surface area contributed by atoms with Crippen LogP contribution >= 0.6 is 0 Å². The number of hydrazone groups is 1. The molecule has 0 unspecified atom stereocenters. The highest BCUT2D eigenvalue weighted by Crippen LogP contribution is 2.29. The molecule has 0 saturated carbocycles. The van der Waals surface area contributed by atoms with Gasteiger partial charge in [-0.05, 0) is 26.0 Å². The molecule has 146 valence electrons. The molecule has 0 saturated heterocycles. The third kappa shape index (κ3) is 5.70. The maximum Gasteiger partial charge on any atom is 0.355 e. The Hall–Kier alpha value is -3.10. The Balaban J connectivity index is 1.97. The lowest BCUT2D eigenvalue weighted by molar-refractivity contribution is -0.141. The van der Waals surface area contributed by atoms with E-state index in [-0.39, 0.29) is 24.5 Å². The van der Waals surface area contributed by atoms with Crippen molar-refractivity contribution in [3.8, 4) is 11.5 Å². The maximum absolute atomic E-state index is 12.2. The number of nitrogens with zero attached hydrogens (tertiary/aromatic N) is 2. The maximum atomic E-state index is 12.2. The van der Waals surface area contributed by atoms with Gasteiger partial charge in [0, 0.05) is 26.0 Å². The number of benzene rings is 1. The van der Waals surface area contributed by atoms with Crippen molar-refractivity contribution >= 4 is 29.2 Å². The van der Waals surface area contributed by atoms with Gasteiger partial charge in [0.1, 0.15) is 17.2 Å². The predicted molar refractivity (Wildman–Crippen MR) is 97.8 cm³/mol. The second-order valence-corrected chi connectivity index (χ2v) is 5.61. The summed E-state index contributed by atoms with van der Waals surface area (Å²) in [5.74, 6) is -0.367. The van der Waals surface area contributed by atoms with Gasteiger partial charge in [-0.2, -0.15) is 5.10 Å². The van der Waals surface area contributed by atoms with E-state index in [2.05, 4.69) is 10.4 Å². The van der Waals surface area contributed by atoms with Crippen LogP contribution in [0.2, 0.25) is 0 Å². The lowest BCUT2D eigenvalue weighted by atomic mass is 10.2. The van der Waals surface area contributed by atoms with Crippen molar-refractivity contribution in [3.63, 3.8) is 0 Å². The Labute approximate surface area is 157 Å². The molecule has 0 aliphatic carbocycles. The third-order valence-electron chi connectivity index (χ3n) is 3.61. The minimum Gasteiger partial charge on any atom is -0.494 e. The fraction of sp³-hybridized carbons (Fsp3) is 0.444. The van der Waals surface area contributed by atoms with E-state index in [4.69, 9.17) is 14.2 Å². The quantitative estimate of drug-likeness (QED) is 0.689. The molecule has 0 bridgehead atoms. The second kappa shape index (κ2) is 9.56. The van der Waals surface area contributed by atoms with Gasteiger partial charge >= 0.3 is 5.97 Å². The van der Waals surface area contributed by atoms with Crippen LogP contribution in [-0.4, -0.2) is 55.4 Å². The first-order valence-electron chi connectivity index (χ1n) is 8.65. The van der Waals surface area contributed by atoms with E-state index in [0.717, 1.165) is 5.01 Å². The summed E-state index contributed by atoms with van der Waals surface area (Å²) in [5, 5.41) is 7.59. The molecule has 0 radical (unpaired) electrons. The summed E-state index contributed by atoms with van der Waals surface area (Å²) in [4.78, 5) is 35.5. The SMILES string of the molecule is CCOc1ccc(OCC)c(NC(=O)COC(=O)C2=NN(C)C(=O)CC2)c1. The van der Waals surface area contributed by atoms with Crippen LogP contribution in [0.4, 0.5) is 5.69 Å².